The van der Waals surface area contributed by atoms with Gasteiger partial charge in [0.25, 0.3) is 5.91 Å². The summed E-state index contributed by atoms with van der Waals surface area (Å²) in [5, 5.41) is 8.27. The number of carbonyl (C=O) groups is 3. The molecule has 0 aromatic heterocycles. The van der Waals surface area contributed by atoms with E-state index in [0.29, 0.717) is 17.8 Å². The van der Waals surface area contributed by atoms with Gasteiger partial charge in [-0.25, -0.2) is 0 Å². The van der Waals surface area contributed by atoms with Crippen LogP contribution in [-0.2, 0) is 19.3 Å². The van der Waals surface area contributed by atoms with Crippen LogP contribution in [0.3, 0.4) is 0 Å². The first-order chi connectivity index (χ1) is 15.2. The quantitative estimate of drug-likeness (QED) is 0.770. The smallest absolute Gasteiger partial charge is 0.270 e. The average molecular weight is 453 g/mol. The van der Waals surface area contributed by atoms with Crippen LogP contribution in [0.1, 0.15) is 30.5 Å². The molecule has 0 saturated carbocycles. The summed E-state index contributed by atoms with van der Waals surface area (Å²) >= 11 is 1.07. The van der Waals surface area contributed by atoms with E-state index in [0.717, 1.165) is 28.6 Å². The summed E-state index contributed by atoms with van der Waals surface area (Å²) in [6.45, 7) is 7.20. The van der Waals surface area contributed by atoms with E-state index in [-0.39, 0.29) is 23.6 Å². The Morgan fingerprint density at radius 2 is 1.88 bits per heavy atom. The Hall–Kier alpha value is -3.33. The molecule has 4 rings (SSSR count). The molecule has 0 fully saturated rings. The van der Waals surface area contributed by atoms with Crippen LogP contribution in [0.4, 0.5) is 5.69 Å². The lowest BCUT2D eigenvalue weighted by Gasteiger charge is -2.29. The number of amides is 3. The lowest BCUT2D eigenvalue weighted by atomic mass is 10.0. The lowest BCUT2D eigenvalue weighted by molar-refractivity contribution is -0.139. The number of aryl methyl sites for hydroxylation is 2. The molecule has 2 heterocycles. The van der Waals surface area contributed by atoms with Gasteiger partial charge in [0, 0.05) is 19.4 Å². The Morgan fingerprint density at radius 1 is 1.12 bits per heavy atom. The van der Waals surface area contributed by atoms with Crippen LogP contribution in [0.15, 0.2) is 47.6 Å². The number of rotatable bonds is 4. The minimum Gasteiger partial charge on any atom is -0.492 e. The Bertz CT molecular complexity index is 1150. The summed E-state index contributed by atoms with van der Waals surface area (Å²) in [5.74, 6) is -0.283. The molecule has 9 heteroatoms. The largest absolute Gasteiger partial charge is 0.492 e. The monoisotopic (exact) mass is 452 g/mol. The second kappa shape index (κ2) is 8.31. The molecule has 1 atom stereocenters. The molecular weight excluding hydrogens is 428 g/mol. The van der Waals surface area contributed by atoms with E-state index >= 15 is 0 Å². The van der Waals surface area contributed by atoms with Crippen LogP contribution in [0.2, 0.25) is 0 Å². The molecule has 0 aliphatic carbocycles. The SMILES string of the molecule is CC(=O)NC1=NN(C(C)=O)[C@]2(S1)C(=O)N(CCOc1cccc(C)c1)c1ccc(C)cc12. The summed E-state index contributed by atoms with van der Waals surface area (Å²) in [7, 11) is 0. The van der Waals surface area contributed by atoms with E-state index in [1.165, 1.54) is 18.9 Å². The molecule has 8 nitrogen and oxygen atoms in total. The summed E-state index contributed by atoms with van der Waals surface area (Å²) in [6, 6.07) is 13.4. The van der Waals surface area contributed by atoms with E-state index in [2.05, 4.69) is 10.4 Å². The molecule has 2 aliphatic heterocycles. The van der Waals surface area contributed by atoms with E-state index in [9.17, 15) is 14.4 Å². The highest BCUT2D eigenvalue weighted by molar-refractivity contribution is 8.15. The topological polar surface area (TPSA) is 91.3 Å². The van der Waals surface area contributed by atoms with Gasteiger partial charge in [0.05, 0.1) is 12.2 Å². The molecule has 2 aromatic carbocycles. The molecule has 1 spiro atoms. The first kappa shape index (κ1) is 21.9. The van der Waals surface area contributed by atoms with Crippen molar-refractivity contribution in [2.45, 2.75) is 32.6 Å². The highest BCUT2D eigenvalue weighted by atomic mass is 32.2. The van der Waals surface area contributed by atoms with Gasteiger partial charge >= 0.3 is 0 Å². The Labute approximate surface area is 190 Å². The number of nitrogens with one attached hydrogen (secondary N) is 1. The number of benzene rings is 2. The van der Waals surface area contributed by atoms with Crippen molar-refractivity contribution in [3.8, 4) is 5.75 Å². The molecule has 2 aliphatic rings. The van der Waals surface area contributed by atoms with Crippen molar-refractivity contribution >= 4 is 40.3 Å². The van der Waals surface area contributed by atoms with E-state index in [1.54, 1.807) is 4.90 Å². The van der Waals surface area contributed by atoms with Crippen LogP contribution in [-0.4, -0.2) is 41.0 Å². The fourth-order valence-electron chi connectivity index (χ4n) is 3.91. The number of carbonyl (C=O) groups excluding carboxylic acids is 3. The molecule has 0 bridgehead atoms. The summed E-state index contributed by atoms with van der Waals surface area (Å²) in [6.07, 6.45) is 0. The highest BCUT2D eigenvalue weighted by Crippen LogP contribution is 2.54. The lowest BCUT2D eigenvalue weighted by Crippen LogP contribution is -2.49. The second-order valence-corrected chi connectivity index (χ2v) is 8.99. The van der Waals surface area contributed by atoms with Gasteiger partial charge in [-0.15, -0.1) is 5.10 Å². The maximum absolute atomic E-state index is 13.8. The van der Waals surface area contributed by atoms with Gasteiger partial charge < -0.3 is 15.0 Å². The maximum Gasteiger partial charge on any atom is 0.270 e. The molecule has 0 unspecified atom stereocenters. The average Bonchev–Trinajstić information content (AvgIpc) is 3.20. The van der Waals surface area contributed by atoms with Gasteiger partial charge in [0.15, 0.2) is 5.17 Å². The minimum absolute atomic E-state index is 0.214. The van der Waals surface area contributed by atoms with Gasteiger partial charge in [-0.05, 0) is 49.4 Å². The first-order valence-electron chi connectivity index (χ1n) is 10.2. The van der Waals surface area contributed by atoms with Gasteiger partial charge in [-0.1, -0.05) is 29.8 Å². The van der Waals surface area contributed by atoms with Crippen molar-refractivity contribution in [3.63, 3.8) is 0 Å². The first-order valence-corrected chi connectivity index (χ1v) is 11.0. The molecule has 32 heavy (non-hydrogen) atoms. The fourth-order valence-corrected chi connectivity index (χ4v) is 5.23. The summed E-state index contributed by atoms with van der Waals surface area (Å²) < 4.78 is 5.87. The number of hydrazone groups is 1. The standard InChI is InChI=1S/C23H24N4O4S/c1-14-6-5-7-18(12-14)31-11-10-26-20-9-8-15(2)13-19(20)23(21(26)30)27(17(4)29)25-22(32-23)24-16(3)28/h5-9,12-13H,10-11H2,1-4H3,(H,24,25,28)/t23-/m1/s1. The number of thioether (sulfide) groups is 1. The van der Waals surface area contributed by atoms with Crippen molar-refractivity contribution in [2.24, 2.45) is 5.10 Å². The van der Waals surface area contributed by atoms with Crippen molar-refractivity contribution < 1.29 is 19.1 Å². The number of hydrogen-bond donors (Lipinski definition) is 1. The molecule has 166 valence electrons. The predicted octanol–water partition coefficient (Wildman–Crippen LogP) is 2.88. The number of fused-ring (bicyclic) bond motifs is 2. The summed E-state index contributed by atoms with van der Waals surface area (Å²) in [4.78, 5) is 38.2. The van der Waals surface area contributed by atoms with Gasteiger partial charge in [-0.3, -0.25) is 14.4 Å². The zero-order valence-corrected chi connectivity index (χ0v) is 19.2. The minimum atomic E-state index is -1.39. The van der Waals surface area contributed by atoms with Crippen LogP contribution < -0.4 is 15.0 Å². The third kappa shape index (κ3) is 3.73. The van der Waals surface area contributed by atoms with Crippen LogP contribution in [0.25, 0.3) is 0 Å². The number of nitrogens with zero attached hydrogens (tertiary/aromatic N) is 3. The normalized spacial score (nSPS) is 19.2. The molecule has 0 saturated heterocycles. The van der Waals surface area contributed by atoms with Gasteiger partial charge in [0.1, 0.15) is 12.4 Å². The van der Waals surface area contributed by atoms with Gasteiger partial charge in [0.2, 0.25) is 16.7 Å². The third-order valence-electron chi connectivity index (χ3n) is 5.23. The Morgan fingerprint density at radius 3 is 2.56 bits per heavy atom. The molecule has 3 amide bonds. The summed E-state index contributed by atoms with van der Waals surface area (Å²) in [5.41, 5.74) is 3.40. The molecule has 1 N–H and O–H groups in total. The number of anilines is 1. The van der Waals surface area contributed by atoms with Crippen molar-refractivity contribution in [2.75, 3.05) is 18.1 Å². The molecular formula is C23H24N4O4S. The zero-order valence-electron chi connectivity index (χ0n) is 18.3. The zero-order chi connectivity index (χ0) is 23.0. The molecule has 0 radical (unpaired) electrons. The molecule has 2 aromatic rings. The van der Waals surface area contributed by atoms with Crippen molar-refractivity contribution in [1.82, 2.24) is 10.3 Å². The van der Waals surface area contributed by atoms with Crippen LogP contribution >= 0.6 is 11.8 Å². The number of hydrogen-bond acceptors (Lipinski definition) is 6. The predicted molar refractivity (Wildman–Crippen MR) is 123 cm³/mol. The maximum atomic E-state index is 13.8. The van der Waals surface area contributed by atoms with Crippen molar-refractivity contribution in [3.05, 3.63) is 59.2 Å². The van der Waals surface area contributed by atoms with E-state index < -0.39 is 10.8 Å². The van der Waals surface area contributed by atoms with Crippen molar-refractivity contribution in [1.29, 1.82) is 0 Å². The van der Waals surface area contributed by atoms with E-state index in [4.69, 9.17) is 4.74 Å². The fraction of sp³-hybridized carbons (Fsp3) is 0.304. The number of amidine groups is 1. The third-order valence-corrected chi connectivity index (χ3v) is 6.47. The van der Waals surface area contributed by atoms with E-state index in [1.807, 2.05) is 56.3 Å². The number of ether oxygens (including phenoxy) is 1. The highest BCUT2D eigenvalue weighted by Gasteiger charge is 2.61. The Balaban J connectivity index is 1.66. The second-order valence-electron chi connectivity index (χ2n) is 7.81. The van der Waals surface area contributed by atoms with Crippen LogP contribution in [0, 0.1) is 13.8 Å². The Kier molecular flexibility index (Phi) is 5.68. The van der Waals surface area contributed by atoms with Gasteiger partial charge in [-0.2, -0.15) is 5.01 Å². The van der Waals surface area contributed by atoms with Crippen LogP contribution in [0.5, 0.6) is 5.75 Å².